The lowest BCUT2D eigenvalue weighted by atomic mass is 10.1. The summed E-state index contributed by atoms with van der Waals surface area (Å²) in [5.74, 6) is 0. The first-order chi connectivity index (χ1) is 9.11. The summed E-state index contributed by atoms with van der Waals surface area (Å²) >= 11 is 1.27. The van der Waals surface area contributed by atoms with Crippen molar-refractivity contribution in [2.24, 2.45) is 0 Å². The van der Waals surface area contributed by atoms with Crippen LogP contribution in [0.1, 0.15) is 11.3 Å². The molecule has 1 N–H and O–H groups in total. The van der Waals surface area contributed by atoms with Crippen molar-refractivity contribution < 1.29 is 4.92 Å². The molecule has 0 aliphatic carbocycles. The molecule has 0 aliphatic heterocycles. The first-order valence-corrected chi connectivity index (χ1v) is 6.56. The molecule has 1 heterocycles. The van der Waals surface area contributed by atoms with Crippen LogP contribution in [0.25, 0.3) is 0 Å². The first-order valence-electron chi connectivity index (χ1n) is 5.34. The van der Waals surface area contributed by atoms with Crippen LogP contribution in [0, 0.1) is 10.1 Å². The van der Waals surface area contributed by atoms with Gasteiger partial charge in [-0.25, -0.2) is 0 Å². The third kappa shape index (κ3) is 2.97. The normalized spacial score (nSPS) is 10.4. The molecule has 8 heteroatoms. The minimum absolute atomic E-state index is 0.0300. The lowest BCUT2D eigenvalue weighted by Gasteiger charge is -2.02. The van der Waals surface area contributed by atoms with Gasteiger partial charge in [0, 0.05) is 18.1 Å². The van der Waals surface area contributed by atoms with Crippen molar-refractivity contribution in [1.29, 1.82) is 0 Å². The predicted molar refractivity (Wildman–Crippen MR) is 70.3 cm³/mol. The van der Waals surface area contributed by atoms with Crippen LogP contribution in [0.4, 0.5) is 5.69 Å². The Morgan fingerprint density at radius 2 is 2.11 bits per heavy atom. The van der Waals surface area contributed by atoms with Crippen LogP contribution in [0.2, 0.25) is 0 Å². The second-order valence-electron chi connectivity index (χ2n) is 3.67. The molecule has 0 saturated carbocycles. The molecule has 0 unspecified atom stereocenters. The maximum atomic E-state index is 11.7. The van der Waals surface area contributed by atoms with Gasteiger partial charge in [-0.2, -0.15) is 0 Å². The number of rotatable bonds is 4. The number of hydrogen-bond donors (Lipinski definition) is 1. The smallest absolute Gasteiger partial charge is 0.273 e. The van der Waals surface area contributed by atoms with Crippen molar-refractivity contribution in [3.05, 3.63) is 56.0 Å². The molecule has 0 atom stereocenters. The van der Waals surface area contributed by atoms with Gasteiger partial charge in [-0.1, -0.05) is 30.0 Å². The van der Waals surface area contributed by atoms with Crippen molar-refractivity contribution in [1.82, 2.24) is 15.2 Å². The topological polar surface area (TPSA) is 102 Å². The zero-order chi connectivity index (χ0) is 13.8. The molecule has 1 aromatic carbocycles. The summed E-state index contributed by atoms with van der Waals surface area (Å²) in [6, 6.07) is 6.25. The first kappa shape index (κ1) is 13.2. The van der Waals surface area contributed by atoms with Crippen molar-refractivity contribution in [3.8, 4) is 0 Å². The van der Waals surface area contributed by atoms with Crippen LogP contribution in [0.5, 0.6) is 0 Å². The molecule has 19 heavy (non-hydrogen) atoms. The molecule has 1 aromatic heterocycles. The van der Waals surface area contributed by atoms with Crippen LogP contribution in [0.15, 0.2) is 34.2 Å². The number of nitro groups is 1. The molecule has 2 rings (SSSR count). The number of hydrogen-bond acceptors (Lipinski definition) is 6. The minimum Gasteiger partial charge on any atom is -0.298 e. The monoisotopic (exact) mass is 278 g/mol. The number of nitrogens with one attached hydrogen (secondary N) is 1. The van der Waals surface area contributed by atoms with E-state index >= 15 is 0 Å². The Morgan fingerprint density at radius 1 is 1.37 bits per heavy atom. The third-order valence-electron chi connectivity index (χ3n) is 2.48. The summed E-state index contributed by atoms with van der Waals surface area (Å²) < 4.78 is 0. The summed E-state index contributed by atoms with van der Waals surface area (Å²) in [7, 11) is 0. The van der Waals surface area contributed by atoms with Gasteiger partial charge < -0.3 is 0 Å². The van der Waals surface area contributed by atoms with Gasteiger partial charge in [0.15, 0.2) is 5.16 Å². The van der Waals surface area contributed by atoms with Gasteiger partial charge >= 0.3 is 0 Å². The van der Waals surface area contributed by atoms with Gasteiger partial charge in [0.05, 0.1) is 4.92 Å². The Hall–Kier alpha value is -2.22. The number of benzene rings is 1. The lowest BCUT2D eigenvalue weighted by molar-refractivity contribution is -0.385. The molecule has 0 fully saturated rings. The molecule has 98 valence electrons. The fourth-order valence-corrected chi connectivity index (χ4v) is 1.89. The van der Waals surface area contributed by atoms with Crippen LogP contribution < -0.4 is 5.56 Å². The molecule has 0 aliphatic rings. The fraction of sp³-hybridized carbons (Fsp3) is 0.182. The highest BCUT2D eigenvalue weighted by Gasteiger charge is 2.15. The van der Waals surface area contributed by atoms with Crippen molar-refractivity contribution >= 4 is 17.4 Å². The SMILES string of the molecule is CSc1nnc(Cc2ccccc2[N+](=O)[O-])c(=O)[nH]1. The largest absolute Gasteiger partial charge is 0.298 e. The zero-order valence-corrected chi connectivity index (χ0v) is 10.8. The molecule has 0 bridgehead atoms. The van der Waals surface area contributed by atoms with Gasteiger partial charge in [0.2, 0.25) is 0 Å². The van der Waals surface area contributed by atoms with E-state index in [2.05, 4.69) is 15.2 Å². The van der Waals surface area contributed by atoms with Crippen LogP contribution in [-0.4, -0.2) is 26.4 Å². The maximum Gasteiger partial charge on any atom is 0.273 e. The van der Waals surface area contributed by atoms with E-state index < -0.39 is 4.92 Å². The maximum absolute atomic E-state index is 11.7. The van der Waals surface area contributed by atoms with Crippen LogP contribution >= 0.6 is 11.8 Å². The number of nitro benzene ring substituents is 1. The number of aromatic amines is 1. The third-order valence-corrected chi connectivity index (χ3v) is 3.05. The van der Waals surface area contributed by atoms with Crippen LogP contribution in [0.3, 0.4) is 0 Å². The molecule has 2 aromatic rings. The quantitative estimate of drug-likeness (QED) is 0.515. The Balaban J connectivity index is 2.37. The Morgan fingerprint density at radius 3 is 2.74 bits per heavy atom. The predicted octanol–water partition coefficient (Wildman–Crippen LogP) is 1.39. The van der Waals surface area contributed by atoms with Crippen LogP contribution in [-0.2, 0) is 6.42 Å². The molecule has 0 amide bonds. The van der Waals surface area contributed by atoms with E-state index in [0.717, 1.165) is 0 Å². The summed E-state index contributed by atoms with van der Waals surface area (Å²) in [5.41, 5.74) is 0.187. The number of nitrogens with zero attached hydrogens (tertiary/aromatic N) is 3. The molecule has 7 nitrogen and oxygen atoms in total. The highest BCUT2D eigenvalue weighted by molar-refractivity contribution is 7.98. The number of thioether (sulfide) groups is 1. The second-order valence-corrected chi connectivity index (χ2v) is 4.47. The number of aromatic nitrogens is 3. The summed E-state index contributed by atoms with van der Waals surface area (Å²) in [4.78, 5) is 24.7. The van der Waals surface area contributed by atoms with E-state index in [4.69, 9.17) is 0 Å². The fourth-order valence-electron chi connectivity index (χ4n) is 1.57. The highest BCUT2D eigenvalue weighted by atomic mass is 32.2. The van der Waals surface area contributed by atoms with Gasteiger partial charge in [0.25, 0.3) is 11.2 Å². The number of H-pyrrole nitrogens is 1. The van der Waals surface area contributed by atoms with E-state index in [1.165, 1.54) is 17.8 Å². The van der Waals surface area contributed by atoms with Crippen molar-refractivity contribution in [2.45, 2.75) is 11.6 Å². The summed E-state index contributed by atoms with van der Waals surface area (Å²) in [6.07, 6.45) is 1.84. The average molecular weight is 278 g/mol. The van der Waals surface area contributed by atoms with Gasteiger partial charge in [-0.05, 0) is 6.26 Å². The Labute approximate surface area is 112 Å². The Kier molecular flexibility index (Phi) is 3.91. The van der Waals surface area contributed by atoms with Crippen molar-refractivity contribution in [3.63, 3.8) is 0 Å². The summed E-state index contributed by atoms with van der Waals surface area (Å²) in [5, 5.41) is 18.9. The van der Waals surface area contributed by atoms with Gasteiger partial charge in [0.1, 0.15) is 5.69 Å². The highest BCUT2D eigenvalue weighted by Crippen LogP contribution is 2.19. The number of para-hydroxylation sites is 1. The van der Waals surface area contributed by atoms with Crippen molar-refractivity contribution in [2.75, 3.05) is 6.26 Å². The van der Waals surface area contributed by atoms with E-state index in [9.17, 15) is 14.9 Å². The van der Waals surface area contributed by atoms with E-state index in [0.29, 0.717) is 10.7 Å². The van der Waals surface area contributed by atoms with Gasteiger partial charge in [-0.15, -0.1) is 10.2 Å². The average Bonchev–Trinajstić information content (AvgIpc) is 2.41. The summed E-state index contributed by atoms with van der Waals surface area (Å²) in [6.45, 7) is 0. The molecular formula is C11H10N4O3S. The second kappa shape index (κ2) is 5.61. The molecule has 0 radical (unpaired) electrons. The van der Waals surface area contributed by atoms with E-state index in [-0.39, 0.29) is 23.4 Å². The minimum atomic E-state index is -0.479. The zero-order valence-electron chi connectivity index (χ0n) is 9.99. The molecule has 0 spiro atoms. The Bertz CT molecular complexity index is 671. The van der Waals surface area contributed by atoms with E-state index in [1.54, 1.807) is 24.5 Å². The molecular weight excluding hydrogens is 268 g/mol. The van der Waals surface area contributed by atoms with Gasteiger partial charge in [-0.3, -0.25) is 19.9 Å². The van der Waals surface area contributed by atoms with E-state index in [1.807, 2.05) is 0 Å². The molecule has 0 saturated heterocycles. The lowest BCUT2D eigenvalue weighted by Crippen LogP contribution is -2.18. The standard InChI is InChI=1S/C11H10N4O3S/c1-19-11-12-10(16)8(13-14-11)6-7-4-2-3-5-9(7)15(17)18/h2-5H,6H2,1H3,(H,12,14,16).